The van der Waals surface area contributed by atoms with E-state index in [-0.39, 0.29) is 0 Å². The molecular weight excluding hydrogens is 148 g/mol. The zero-order chi connectivity index (χ0) is 9.23. The lowest BCUT2D eigenvalue weighted by Crippen LogP contribution is -1.84. The Morgan fingerprint density at radius 3 is 2.33 bits per heavy atom. The van der Waals surface area contributed by atoms with Gasteiger partial charge < -0.3 is 4.79 Å². The highest BCUT2D eigenvalue weighted by Crippen LogP contribution is 2.06. The molecule has 0 rings (SSSR count). The van der Waals surface area contributed by atoms with Crippen molar-refractivity contribution in [3.8, 4) is 0 Å². The van der Waals surface area contributed by atoms with Gasteiger partial charge in [-0.1, -0.05) is 32.4 Å². The van der Waals surface area contributed by atoms with Crippen molar-refractivity contribution < 1.29 is 4.79 Å². The van der Waals surface area contributed by atoms with Crippen LogP contribution < -0.4 is 0 Å². The summed E-state index contributed by atoms with van der Waals surface area (Å²) >= 11 is 0. The molecule has 1 nitrogen and oxygen atoms in total. The first-order chi connectivity index (χ1) is 5.77. The average Bonchev–Trinajstić information content (AvgIpc) is 2.02. The van der Waals surface area contributed by atoms with Crippen molar-refractivity contribution in [1.29, 1.82) is 0 Å². The smallest absolute Gasteiger partial charge is 0.120 e. The minimum Gasteiger partial charge on any atom is -0.303 e. The molecule has 0 aliphatic rings. The van der Waals surface area contributed by atoms with Crippen LogP contribution in [0.15, 0.2) is 12.2 Å². The molecule has 0 aromatic heterocycles. The van der Waals surface area contributed by atoms with E-state index in [9.17, 15) is 4.79 Å². The summed E-state index contributed by atoms with van der Waals surface area (Å²) < 4.78 is 0. The number of aldehydes is 1. The number of carbonyl (C=O) groups is 1. The molecule has 0 spiro atoms. The normalized spacial score (nSPS) is 11.2. The van der Waals surface area contributed by atoms with E-state index in [0.29, 0.717) is 6.42 Å². The molecule has 0 N–H and O–H groups in total. The Kier molecular flexibility index (Phi) is 8.09. The molecule has 0 aromatic carbocycles. The van der Waals surface area contributed by atoms with Crippen molar-refractivity contribution >= 4 is 6.29 Å². The van der Waals surface area contributed by atoms with Crippen LogP contribution >= 0.6 is 0 Å². The second-order valence-electron chi connectivity index (χ2n) is 3.54. The van der Waals surface area contributed by atoms with Gasteiger partial charge in [0.1, 0.15) is 6.29 Å². The van der Waals surface area contributed by atoms with Gasteiger partial charge in [0.2, 0.25) is 0 Å². The topological polar surface area (TPSA) is 17.1 Å². The third-order valence-corrected chi connectivity index (χ3v) is 1.77. The summed E-state index contributed by atoms with van der Waals surface area (Å²) in [5.41, 5.74) is 0. The fraction of sp³-hybridized carbons (Fsp3) is 0.727. The van der Waals surface area contributed by atoms with E-state index >= 15 is 0 Å². The number of hydrogen-bond acceptors (Lipinski definition) is 1. The zero-order valence-corrected chi connectivity index (χ0v) is 8.25. The van der Waals surface area contributed by atoms with Crippen molar-refractivity contribution in [3.63, 3.8) is 0 Å². The summed E-state index contributed by atoms with van der Waals surface area (Å²) in [6, 6.07) is 0. The van der Waals surface area contributed by atoms with Crippen molar-refractivity contribution in [2.45, 2.75) is 46.0 Å². The summed E-state index contributed by atoms with van der Waals surface area (Å²) in [6.45, 7) is 4.49. The molecule has 0 heterocycles. The first-order valence-corrected chi connectivity index (χ1v) is 4.86. The van der Waals surface area contributed by atoms with Gasteiger partial charge in [-0.05, 0) is 25.2 Å². The van der Waals surface area contributed by atoms with Crippen LogP contribution in [0.5, 0.6) is 0 Å². The van der Waals surface area contributed by atoms with E-state index in [4.69, 9.17) is 0 Å². The summed E-state index contributed by atoms with van der Waals surface area (Å²) in [7, 11) is 0. The highest BCUT2D eigenvalue weighted by molar-refractivity contribution is 5.49. The summed E-state index contributed by atoms with van der Waals surface area (Å²) in [4.78, 5) is 9.95. The monoisotopic (exact) mass is 168 g/mol. The van der Waals surface area contributed by atoms with Crippen LogP contribution in [0.25, 0.3) is 0 Å². The Morgan fingerprint density at radius 1 is 1.08 bits per heavy atom. The second kappa shape index (κ2) is 8.51. The second-order valence-corrected chi connectivity index (χ2v) is 3.54. The summed E-state index contributed by atoms with van der Waals surface area (Å²) in [5.74, 6) is 0.813. The first kappa shape index (κ1) is 11.4. The largest absolute Gasteiger partial charge is 0.303 e. The molecule has 0 bridgehead atoms. The number of hydrogen-bond donors (Lipinski definition) is 0. The molecule has 0 aromatic rings. The van der Waals surface area contributed by atoms with Gasteiger partial charge in [-0.15, -0.1) is 0 Å². The van der Waals surface area contributed by atoms with Crippen molar-refractivity contribution in [2.75, 3.05) is 0 Å². The van der Waals surface area contributed by atoms with Crippen LogP contribution in [-0.4, -0.2) is 6.29 Å². The van der Waals surface area contributed by atoms with Crippen LogP contribution in [0.4, 0.5) is 0 Å². The Bertz CT molecular complexity index is 125. The van der Waals surface area contributed by atoms with Gasteiger partial charge in [0, 0.05) is 6.42 Å². The number of allylic oxidation sites excluding steroid dienone is 2. The van der Waals surface area contributed by atoms with E-state index in [1.165, 1.54) is 12.8 Å². The minimum atomic E-state index is 0.667. The highest BCUT2D eigenvalue weighted by atomic mass is 16.1. The maximum atomic E-state index is 9.95. The highest BCUT2D eigenvalue weighted by Gasteiger charge is 1.90. The number of carbonyl (C=O) groups excluding carboxylic acids is 1. The fourth-order valence-corrected chi connectivity index (χ4v) is 1.04. The quantitative estimate of drug-likeness (QED) is 0.324. The van der Waals surface area contributed by atoms with Crippen LogP contribution in [-0.2, 0) is 4.79 Å². The Hall–Kier alpha value is -0.590. The van der Waals surface area contributed by atoms with Gasteiger partial charge in [-0.3, -0.25) is 0 Å². The maximum Gasteiger partial charge on any atom is 0.120 e. The maximum absolute atomic E-state index is 9.95. The molecule has 0 amide bonds. The summed E-state index contributed by atoms with van der Waals surface area (Å²) in [6.07, 6.45) is 10.6. The van der Waals surface area contributed by atoms with Crippen molar-refractivity contribution in [1.82, 2.24) is 0 Å². The number of rotatable bonds is 7. The molecule has 0 saturated carbocycles. The van der Waals surface area contributed by atoms with E-state index in [1.807, 2.05) is 0 Å². The van der Waals surface area contributed by atoms with Crippen LogP contribution in [0.3, 0.4) is 0 Å². The Labute approximate surface area is 75.9 Å². The van der Waals surface area contributed by atoms with Crippen molar-refractivity contribution in [2.24, 2.45) is 5.92 Å². The molecule has 70 valence electrons. The predicted molar refractivity (Wildman–Crippen MR) is 53.1 cm³/mol. The molecule has 0 aliphatic carbocycles. The fourth-order valence-electron chi connectivity index (χ4n) is 1.04. The van der Waals surface area contributed by atoms with Gasteiger partial charge in [0.15, 0.2) is 0 Å². The van der Waals surface area contributed by atoms with E-state index in [2.05, 4.69) is 26.0 Å². The molecular formula is C11H20O. The van der Waals surface area contributed by atoms with Gasteiger partial charge in [0.25, 0.3) is 0 Å². The van der Waals surface area contributed by atoms with Crippen LogP contribution in [0.2, 0.25) is 0 Å². The van der Waals surface area contributed by atoms with Crippen LogP contribution in [0, 0.1) is 5.92 Å². The molecule has 0 radical (unpaired) electrons. The molecule has 0 atom stereocenters. The number of unbranched alkanes of at least 4 members (excludes halogenated alkanes) is 2. The third kappa shape index (κ3) is 9.41. The standard InChI is InChI=1S/C11H20O/c1-11(2)9-7-5-3-4-6-8-10-12/h3-4,10-11H,5-9H2,1-2H3/b4-3-. The van der Waals surface area contributed by atoms with E-state index < -0.39 is 0 Å². The Balaban J connectivity index is 3.07. The molecule has 0 unspecified atom stereocenters. The lowest BCUT2D eigenvalue weighted by atomic mass is 10.1. The van der Waals surface area contributed by atoms with E-state index in [0.717, 1.165) is 25.0 Å². The van der Waals surface area contributed by atoms with Gasteiger partial charge in [-0.2, -0.15) is 0 Å². The molecule has 0 fully saturated rings. The predicted octanol–water partition coefficient (Wildman–Crippen LogP) is 3.35. The third-order valence-electron chi connectivity index (χ3n) is 1.77. The van der Waals surface area contributed by atoms with Gasteiger partial charge in [0.05, 0.1) is 0 Å². The zero-order valence-electron chi connectivity index (χ0n) is 8.25. The van der Waals surface area contributed by atoms with Gasteiger partial charge in [-0.25, -0.2) is 0 Å². The van der Waals surface area contributed by atoms with E-state index in [1.54, 1.807) is 0 Å². The van der Waals surface area contributed by atoms with Gasteiger partial charge >= 0.3 is 0 Å². The van der Waals surface area contributed by atoms with Crippen LogP contribution in [0.1, 0.15) is 46.0 Å². The van der Waals surface area contributed by atoms with Crippen molar-refractivity contribution in [3.05, 3.63) is 12.2 Å². The molecule has 1 heteroatoms. The molecule has 0 saturated heterocycles. The SMILES string of the molecule is CC(C)CCC/C=C\CCC=O. The Morgan fingerprint density at radius 2 is 1.75 bits per heavy atom. The minimum absolute atomic E-state index is 0.667. The summed E-state index contributed by atoms with van der Waals surface area (Å²) in [5, 5.41) is 0. The first-order valence-electron chi connectivity index (χ1n) is 4.86. The lowest BCUT2D eigenvalue weighted by Gasteiger charge is -2.00. The lowest BCUT2D eigenvalue weighted by molar-refractivity contribution is -0.107. The molecule has 12 heavy (non-hydrogen) atoms. The average molecular weight is 168 g/mol. The molecule has 0 aliphatic heterocycles.